The maximum atomic E-state index is 11.0. The van der Waals surface area contributed by atoms with Gasteiger partial charge in [-0.1, -0.05) is 11.6 Å². The van der Waals surface area contributed by atoms with Crippen LogP contribution in [-0.2, 0) is 12.1 Å². The Morgan fingerprint density at radius 2 is 2.14 bits per heavy atom. The monoisotopic (exact) mass is 308 g/mol. The molecular formula is C14H17ClN4O2. The van der Waals surface area contributed by atoms with Crippen molar-refractivity contribution >= 4 is 23.0 Å². The predicted molar refractivity (Wildman–Crippen MR) is 82.7 cm³/mol. The summed E-state index contributed by atoms with van der Waals surface area (Å²) in [5.41, 5.74) is 1.25. The molecule has 6 nitrogen and oxygen atoms in total. The van der Waals surface area contributed by atoms with E-state index in [0.717, 1.165) is 5.56 Å². The minimum atomic E-state index is -0.433. The molecule has 1 N–H and O–H groups in total. The number of nitrogens with zero attached hydrogens (tertiary/aromatic N) is 3. The third-order valence-corrected chi connectivity index (χ3v) is 3.20. The van der Waals surface area contributed by atoms with Crippen molar-refractivity contribution in [1.82, 2.24) is 9.78 Å². The summed E-state index contributed by atoms with van der Waals surface area (Å²) in [6, 6.07) is 4.44. The zero-order valence-corrected chi connectivity index (χ0v) is 12.9. The Labute approximate surface area is 127 Å². The average Bonchev–Trinajstić information content (AvgIpc) is 2.84. The van der Waals surface area contributed by atoms with Crippen molar-refractivity contribution in [2.75, 3.05) is 5.32 Å². The molecule has 0 aliphatic carbocycles. The topological polar surface area (TPSA) is 73.0 Å². The van der Waals surface area contributed by atoms with Crippen LogP contribution in [0.2, 0.25) is 5.02 Å². The van der Waals surface area contributed by atoms with Gasteiger partial charge >= 0.3 is 0 Å². The number of hydrogen-bond acceptors (Lipinski definition) is 4. The SMILES string of the molecule is CC(C)(C)n1cc(CNc2cc(Cl)ccc2[N+](=O)[O-])cn1. The highest BCUT2D eigenvalue weighted by molar-refractivity contribution is 6.31. The summed E-state index contributed by atoms with van der Waals surface area (Å²) >= 11 is 5.89. The van der Waals surface area contributed by atoms with Crippen molar-refractivity contribution in [1.29, 1.82) is 0 Å². The maximum absolute atomic E-state index is 11.0. The molecule has 0 fully saturated rings. The number of halogens is 1. The third kappa shape index (κ3) is 3.72. The Morgan fingerprint density at radius 3 is 2.71 bits per heavy atom. The molecule has 0 saturated heterocycles. The quantitative estimate of drug-likeness (QED) is 0.688. The number of benzene rings is 1. The van der Waals surface area contributed by atoms with Crippen molar-refractivity contribution < 1.29 is 4.92 Å². The fourth-order valence-corrected chi connectivity index (χ4v) is 2.00. The summed E-state index contributed by atoms with van der Waals surface area (Å²) < 4.78 is 1.86. The maximum Gasteiger partial charge on any atom is 0.292 e. The standard InChI is InChI=1S/C14H17ClN4O2/c1-14(2,3)18-9-10(8-17-18)7-16-12-6-11(15)4-5-13(12)19(20)21/h4-6,8-9,16H,7H2,1-3H3. The Kier molecular flexibility index (Phi) is 4.18. The fraction of sp³-hybridized carbons (Fsp3) is 0.357. The highest BCUT2D eigenvalue weighted by Crippen LogP contribution is 2.28. The molecule has 0 aliphatic rings. The summed E-state index contributed by atoms with van der Waals surface area (Å²) in [5, 5.41) is 18.8. The van der Waals surface area contributed by atoms with Gasteiger partial charge in [0.25, 0.3) is 5.69 Å². The van der Waals surface area contributed by atoms with Crippen molar-refractivity contribution in [2.24, 2.45) is 0 Å². The number of nitro benzene ring substituents is 1. The second-order valence-corrected chi connectivity index (χ2v) is 6.17. The molecule has 112 valence electrons. The highest BCUT2D eigenvalue weighted by Gasteiger charge is 2.16. The molecular weight excluding hydrogens is 292 g/mol. The van der Waals surface area contributed by atoms with Crippen molar-refractivity contribution in [3.8, 4) is 0 Å². The van der Waals surface area contributed by atoms with E-state index in [0.29, 0.717) is 17.3 Å². The lowest BCUT2D eigenvalue weighted by Gasteiger charge is -2.18. The number of nitro groups is 1. The summed E-state index contributed by atoms with van der Waals surface area (Å²) in [7, 11) is 0. The Hall–Kier alpha value is -2.08. The molecule has 0 atom stereocenters. The zero-order valence-electron chi connectivity index (χ0n) is 12.1. The summed E-state index contributed by atoms with van der Waals surface area (Å²) in [4.78, 5) is 10.6. The van der Waals surface area contributed by atoms with Crippen LogP contribution >= 0.6 is 11.6 Å². The van der Waals surface area contributed by atoms with Gasteiger partial charge in [-0.2, -0.15) is 5.10 Å². The van der Waals surface area contributed by atoms with Crippen LogP contribution < -0.4 is 5.32 Å². The summed E-state index contributed by atoms with van der Waals surface area (Å²) in [6.45, 7) is 6.61. The number of rotatable bonds is 4. The van der Waals surface area contributed by atoms with Crippen LogP contribution in [0.4, 0.5) is 11.4 Å². The normalized spacial score (nSPS) is 11.4. The van der Waals surface area contributed by atoms with Gasteiger partial charge in [0.1, 0.15) is 5.69 Å². The lowest BCUT2D eigenvalue weighted by Crippen LogP contribution is -2.21. The van der Waals surface area contributed by atoms with E-state index in [-0.39, 0.29) is 11.2 Å². The Morgan fingerprint density at radius 1 is 1.43 bits per heavy atom. The first-order valence-corrected chi connectivity index (χ1v) is 6.87. The summed E-state index contributed by atoms with van der Waals surface area (Å²) in [6.07, 6.45) is 3.66. The predicted octanol–water partition coefficient (Wildman–Crippen LogP) is 3.81. The molecule has 0 bridgehead atoms. The van der Waals surface area contributed by atoms with Gasteiger partial charge in [0.05, 0.1) is 16.7 Å². The minimum absolute atomic E-state index is 0.00242. The van der Waals surface area contributed by atoms with Gasteiger partial charge in [0.2, 0.25) is 0 Å². The van der Waals surface area contributed by atoms with E-state index < -0.39 is 4.92 Å². The molecule has 21 heavy (non-hydrogen) atoms. The molecule has 2 rings (SSSR count). The number of anilines is 1. The first kappa shape index (κ1) is 15.3. The highest BCUT2D eigenvalue weighted by atomic mass is 35.5. The lowest BCUT2D eigenvalue weighted by molar-refractivity contribution is -0.384. The zero-order chi connectivity index (χ0) is 15.6. The average molecular weight is 309 g/mol. The molecule has 0 aliphatic heterocycles. The first-order valence-electron chi connectivity index (χ1n) is 6.49. The summed E-state index contributed by atoms with van der Waals surface area (Å²) in [5.74, 6) is 0. The molecule has 0 saturated carbocycles. The van der Waals surface area contributed by atoms with Gasteiger partial charge < -0.3 is 5.32 Å². The molecule has 0 unspecified atom stereocenters. The second kappa shape index (κ2) is 5.73. The molecule has 1 heterocycles. The fourth-order valence-electron chi connectivity index (χ4n) is 1.82. The number of nitrogens with one attached hydrogen (secondary N) is 1. The van der Waals surface area contributed by atoms with Crippen LogP contribution in [0.15, 0.2) is 30.6 Å². The first-order chi connectivity index (χ1) is 9.77. The van der Waals surface area contributed by atoms with Gasteiger partial charge in [-0.05, 0) is 32.9 Å². The number of hydrogen-bond donors (Lipinski definition) is 1. The molecule has 0 amide bonds. The van der Waals surface area contributed by atoms with Crippen molar-refractivity contribution in [3.05, 3.63) is 51.3 Å². The Bertz CT molecular complexity index is 661. The van der Waals surface area contributed by atoms with Crippen LogP contribution in [0.1, 0.15) is 26.3 Å². The van der Waals surface area contributed by atoms with E-state index in [2.05, 4.69) is 31.2 Å². The van der Waals surface area contributed by atoms with Gasteiger partial charge in [-0.15, -0.1) is 0 Å². The van der Waals surface area contributed by atoms with Gasteiger partial charge in [-0.3, -0.25) is 14.8 Å². The van der Waals surface area contributed by atoms with Gasteiger partial charge in [0.15, 0.2) is 0 Å². The minimum Gasteiger partial charge on any atom is -0.375 e. The molecule has 0 radical (unpaired) electrons. The van der Waals surface area contributed by atoms with E-state index in [9.17, 15) is 10.1 Å². The van der Waals surface area contributed by atoms with E-state index in [1.165, 1.54) is 12.1 Å². The van der Waals surface area contributed by atoms with Gasteiger partial charge in [0, 0.05) is 29.4 Å². The molecule has 2 aromatic rings. The van der Waals surface area contributed by atoms with Crippen LogP contribution in [0.25, 0.3) is 0 Å². The molecule has 7 heteroatoms. The van der Waals surface area contributed by atoms with E-state index >= 15 is 0 Å². The van der Waals surface area contributed by atoms with Crippen LogP contribution in [-0.4, -0.2) is 14.7 Å². The van der Waals surface area contributed by atoms with E-state index in [1.807, 2.05) is 10.9 Å². The number of aromatic nitrogens is 2. The largest absolute Gasteiger partial charge is 0.375 e. The van der Waals surface area contributed by atoms with Crippen molar-refractivity contribution in [2.45, 2.75) is 32.9 Å². The molecule has 0 spiro atoms. The lowest BCUT2D eigenvalue weighted by atomic mass is 10.1. The van der Waals surface area contributed by atoms with Gasteiger partial charge in [-0.25, -0.2) is 0 Å². The molecule has 1 aromatic heterocycles. The second-order valence-electron chi connectivity index (χ2n) is 5.74. The van der Waals surface area contributed by atoms with Crippen LogP contribution in [0.5, 0.6) is 0 Å². The van der Waals surface area contributed by atoms with Crippen LogP contribution in [0.3, 0.4) is 0 Å². The Balaban J connectivity index is 2.15. The van der Waals surface area contributed by atoms with Crippen LogP contribution in [0, 0.1) is 10.1 Å². The van der Waals surface area contributed by atoms with E-state index in [4.69, 9.17) is 11.6 Å². The smallest absolute Gasteiger partial charge is 0.292 e. The molecule has 1 aromatic carbocycles. The third-order valence-electron chi connectivity index (χ3n) is 2.96. The van der Waals surface area contributed by atoms with Crippen molar-refractivity contribution in [3.63, 3.8) is 0 Å². The van der Waals surface area contributed by atoms with E-state index in [1.54, 1.807) is 12.3 Å².